The van der Waals surface area contributed by atoms with Gasteiger partial charge < -0.3 is 24.1 Å². The number of benzene rings is 1. The maximum absolute atomic E-state index is 11.8. The van der Waals surface area contributed by atoms with E-state index in [1.54, 1.807) is 0 Å². The lowest BCUT2D eigenvalue weighted by Crippen LogP contribution is -2.11. The first-order valence-electron chi connectivity index (χ1n) is 6.80. The lowest BCUT2D eigenvalue weighted by Gasteiger charge is -2.11. The number of carbonyl (C=O) groups is 1. The molecule has 2 aromatic rings. The van der Waals surface area contributed by atoms with Crippen molar-refractivity contribution in [1.29, 1.82) is 0 Å². The summed E-state index contributed by atoms with van der Waals surface area (Å²) >= 11 is 0. The Balaban J connectivity index is 2.48. The molecule has 1 aromatic heterocycles. The molecule has 0 unspecified atom stereocenters. The van der Waals surface area contributed by atoms with E-state index in [4.69, 9.17) is 19.0 Å². The van der Waals surface area contributed by atoms with Gasteiger partial charge in [-0.3, -0.25) is 0 Å². The van der Waals surface area contributed by atoms with Crippen LogP contribution in [0.1, 0.15) is 19.8 Å². The van der Waals surface area contributed by atoms with Crippen molar-refractivity contribution in [2.24, 2.45) is 0 Å². The van der Waals surface area contributed by atoms with Gasteiger partial charge in [0.25, 0.3) is 0 Å². The molecule has 2 rings (SSSR count). The van der Waals surface area contributed by atoms with Crippen LogP contribution in [0.5, 0.6) is 17.2 Å². The van der Waals surface area contributed by atoms with E-state index in [2.05, 4.69) is 0 Å². The van der Waals surface area contributed by atoms with E-state index < -0.39 is 24.0 Å². The van der Waals surface area contributed by atoms with Crippen molar-refractivity contribution >= 4 is 16.9 Å². The number of ether oxygens (including phenoxy) is 2. The summed E-state index contributed by atoms with van der Waals surface area (Å²) in [5, 5.41) is 19.0. The zero-order valence-electron chi connectivity index (χ0n) is 12.0. The standard InChI is InChI=1S/C15H16O7/c1-2-3-7-20-14-13(18)12-9(21-8-11(16)17)5-4-6-10(12)22-15(14)19/h4-6,18H,2-3,7-8H2,1H3,(H,16,17). The van der Waals surface area contributed by atoms with Crippen molar-refractivity contribution < 1.29 is 28.9 Å². The Hall–Kier alpha value is -2.70. The first kappa shape index (κ1) is 15.7. The molecule has 0 aliphatic heterocycles. The highest BCUT2D eigenvalue weighted by molar-refractivity contribution is 5.91. The molecule has 2 N–H and O–H groups in total. The van der Waals surface area contributed by atoms with Crippen molar-refractivity contribution in [3.05, 3.63) is 28.6 Å². The molecule has 1 heterocycles. The van der Waals surface area contributed by atoms with Crippen LogP contribution in [0, 0.1) is 0 Å². The van der Waals surface area contributed by atoms with Gasteiger partial charge in [-0.05, 0) is 18.6 Å². The van der Waals surface area contributed by atoms with Crippen LogP contribution in [0.25, 0.3) is 11.0 Å². The van der Waals surface area contributed by atoms with Crippen LogP contribution in [0.4, 0.5) is 0 Å². The van der Waals surface area contributed by atoms with E-state index in [1.807, 2.05) is 6.92 Å². The number of hydrogen-bond donors (Lipinski definition) is 2. The van der Waals surface area contributed by atoms with Gasteiger partial charge in [0.05, 0.1) is 6.61 Å². The van der Waals surface area contributed by atoms with Crippen LogP contribution in [-0.4, -0.2) is 29.4 Å². The second-order valence-electron chi connectivity index (χ2n) is 4.58. The third kappa shape index (κ3) is 3.30. The molecule has 22 heavy (non-hydrogen) atoms. The van der Waals surface area contributed by atoms with Gasteiger partial charge in [-0.2, -0.15) is 0 Å². The molecule has 0 saturated heterocycles. The normalized spacial score (nSPS) is 10.6. The molecule has 7 heteroatoms. The number of hydrogen-bond acceptors (Lipinski definition) is 6. The predicted molar refractivity (Wildman–Crippen MR) is 77.7 cm³/mol. The maximum atomic E-state index is 11.8. The van der Waals surface area contributed by atoms with Crippen molar-refractivity contribution in [2.45, 2.75) is 19.8 Å². The van der Waals surface area contributed by atoms with E-state index in [-0.39, 0.29) is 29.1 Å². The number of aliphatic carboxylic acids is 1. The van der Waals surface area contributed by atoms with E-state index in [0.717, 1.165) is 6.42 Å². The summed E-state index contributed by atoms with van der Waals surface area (Å²) in [4.78, 5) is 22.4. The quantitative estimate of drug-likeness (QED) is 0.596. The van der Waals surface area contributed by atoms with Crippen molar-refractivity contribution in [3.63, 3.8) is 0 Å². The van der Waals surface area contributed by atoms with Crippen LogP contribution in [0.15, 0.2) is 27.4 Å². The smallest absolute Gasteiger partial charge is 0.383 e. The molecule has 0 bridgehead atoms. The van der Waals surface area contributed by atoms with Gasteiger partial charge in [0, 0.05) is 0 Å². The maximum Gasteiger partial charge on any atom is 0.383 e. The van der Waals surface area contributed by atoms with Crippen molar-refractivity contribution in [3.8, 4) is 17.2 Å². The first-order chi connectivity index (χ1) is 10.5. The molecule has 0 aliphatic rings. The molecular weight excluding hydrogens is 292 g/mol. The van der Waals surface area contributed by atoms with Crippen LogP contribution in [0.2, 0.25) is 0 Å². The third-order valence-electron chi connectivity index (χ3n) is 2.92. The van der Waals surface area contributed by atoms with Crippen molar-refractivity contribution in [2.75, 3.05) is 13.2 Å². The van der Waals surface area contributed by atoms with Gasteiger partial charge in [-0.15, -0.1) is 0 Å². The van der Waals surface area contributed by atoms with Crippen LogP contribution in [-0.2, 0) is 4.79 Å². The Morgan fingerprint density at radius 2 is 2.09 bits per heavy atom. The number of carboxylic acid groups (broad SMARTS) is 1. The molecular formula is C15H16O7. The van der Waals surface area contributed by atoms with Crippen LogP contribution >= 0.6 is 0 Å². The predicted octanol–water partition coefficient (Wildman–Crippen LogP) is 2.14. The largest absolute Gasteiger partial charge is 0.503 e. The monoisotopic (exact) mass is 308 g/mol. The summed E-state index contributed by atoms with van der Waals surface area (Å²) in [6.07, 6.45) is 1.58. The van der Waals surface area contributed by atoms with Gasteiger partial charge >= 0.3 is 11.6 Å². The summed E-state index contributed by atoms with van der Waals surface area (Å²) in [5.41, 5.74) is -0.704. The van der Waals surface area contributed by atoms with Crippen LogP contribution in [0.3, 0.4) is 0 Å². The molecule has 0 fully saturated rings. The fourth-order valence-corrected chi connectivity index (χ4v) is 1.89. The number of unbranched alkanes of at least 4 members (excludes halogenated alkanes) is 1. The highest BCUT2D eigenvalue weighted by atomic mass is 16.5. The summed E-state index contributed by atoms with van der Waals surface area (Å²) in [6.45, 7) is 1.64. The second-order valence-corrected chi connectivity index (χ2v) is 4.58. The van der Waals surface area contributed by atoms with Gasteiger partial charge in [-0.1, -0.05) is 19.4 Å². The SMILES string of the molecule is CCCCOc1c(O)c2c(OCC(=O)O)cccc2oc1=O. The topological polar surface area (TPSA) is 106 Å². The number of aromatic hydroxyl groups is 1. The molecule has 0 radical (unpaired) electrons. The second kappa shape index (κ2) is 6.84. The van der Waals surface area contributed by atoms with E-state index in [1.165, 1.54) is 18.2 Å². The zero-order valence-corrected chi connectivity index (χ0v) is 12.0. The van der Waals surface area contributed by atoms with Gasteiger partial charge in [0.15, 0.2) is 12.4 Å². The fourth-order valence-electron chi connectivity index (χ4n) is 1.89. The fraction of sp³-hybridized carbons (Fsp3) is 0.333. The Morgan fingerprint density at radius 1 is 1.32 bits per heavy atom. The molecule has 0 saturated carbocycles. The third-order valence-corrected chi connectivity index (χ3v) is 2.92. The highest BCUT2D eigenvalue weighted by Gasteiger charge is 2.19. The molecule has 0 aliphatic carbocycles. The summed E-state index contributed by atoms with van der Waals surface area (Å²) in [5.74, 6) is -1.77. The summed E-state index contributed by atoms with van der Waals surface area (Å²) in [7, 11) is 0. The average molecular weight is 308 g/mol. The molecule has 1 aromatic carbocycles. The molecule has 0 amide bonds. The minimum atomic E-state index is -1.16. The highest BCUT2D eigenvalue weighted by Crippen LogP contribution is 2.37. The zero-order chi connectivity index (χ0) is 16.1. The van der Waals surface area contributed by atoms with E-state index in [0.29, 0.717) is 6.42 Å². The lowest BCUT2D eigenvalue weighted by molar-refractivity contribution is -0.139. The van der Waals surface area contributed by atoms with Crippen molar-refractivity contribution in [1.82, 2.24) is 0 Å². The van der Waals surface area contributed by atoms with Gasteiger partial charge in [0.1, 0.15) is 16.7 Å². The molecule has 0 atom stereocenters. The Labute approximate surface area is 125 Å². The Bertz CT molecular complexity index is 732. The Morgan fingerprint density at radius 3 is 2.77 bits per heavy atom. The Kier molecular flexibility index (Phi) is 4.88. The number of fused-ring (bicyclic) bond motifs is 1. The minimum absolute atomic E-state index is 0.0910. The average Bonchev–Trinajstić information content (AvgIpc) is 2.48. The molecule has 7 nitrogen and oxygen atoms in total. The lowest BCUT2D eigenvalue weighted by atomic mass is 10.2. The summed E-state index contributed by atoms with van der Waals surface area (Å²) in [6, 6.07) is 4.47. The minimum Gasteiger partial charge on any atom is -0.503 e. The summed E-state index contributed by atoms with van der Waals surface area (Å²) < 4.78 is 15.5. The van der Waals surface area contributed by atoms with Gasteiger partial charge in [-0.25, -0.2) is 9.59 Å². The number of rotatable bonds is 7. The molecule has 118 valence electrons. The van der Waals surface area contributed by atoms with Crippen LogP contribution < -0.4 is 15.1 Å². The molecule has 0 spiro atoms. The number of carboxylic acids is 1. The van der Waals surface area contributed by atoms with E-state index in [9.17, 15) is 14.7 Å². The van der Waals surface area contributed by atoms with E-state index >= 15 is 0 Å². The first-order valence-corrected chi connectivity index (χ1v) is 6.80. The van der Waals surface area contributed by atoms with Gasteiger partial charge in [0.2, 0.25) is 5.75 Å².